The number of carbonyl (C=O) groups is 1. The van der Waals surface area contributed by atoms with E-state index in [1.54, 1.807) is 6.08 Å². The lowest BCUT2D eigenvalue weighted by Crippen LogP contribution is -2.65. The number of unbranched alkanes of at least 4 members (excludes halogenated alkanes) is 46. The van der Waals surface area contributed by atoms with Gasteiger partial charge in [-0.2, -0.15) is 0 Å². The number of amides is 1. The molecule has 2 fully saturated rings. The van der Waals surface area contributed by atoms with Crippen molar-refractivity contribution in [3.05, 3.63) is 97.2 Å². The van der Waals surface area contributed by atoms with Gasteiger partial charge in [0.25, 0.3) is 0 Å². The van der Waals surface area contributed by atoms with Crippen LogP contribution in [0.15, 0.2) is 97.2 Å². The highest BCUT2D eigenvalue weighted by Crippen LogP contribution is 2.30. The Kier molecular flexibility index (Phi) is 67.8. The highest BCUT2D eigenvalue weighted by molar-refractivity contribution is 5.76. The number of allylic oxidation sites excluding steroid dienone is 15. The molecule has 2 aliphatic heterocycles. The second-order valence-electron chi connectivity index (χ2n) is 30.3. The molecule has 14 nitrogen and oxygen atoms in total. The van der Waals surface area contributed by atoms with Gasteiger partial charge in [0.05, 0.1) is 32.0 Å². The molecular formula is C90H161NO13. The van der Waals surface area contributed by atoms with Gasteiger partial charge in [-0.15, -0.1) is 0 Å². The van der Waals surface area contributed by atoms with Gasteiger partial charge in [-0.1, -0.05) is 374 Å². The largest absolute Gasteiger partial charge is 0.394 e. The van der Waals surface area contributed by atoms with Crippen molar-refractivity contribution in [2.24, 2.45) is 0 Å². The van der Waals surface area contributed by atoms with Gasteiger partial charge in [-0.25, -0.2) is 0 Å². The molecule has 9 N–H and O–H groups in total. The van der Waals surface area contributed by atoms with Crippen LogP contribution in [-0.2, 0) is 23.7 Å². The third kappa shape index (κ3) is 54.5. The van der Waals surface area contributed by atoms with Gasteiger partial charge in [-0.05, 0) is 89.9 Å². The van der Waals surface area contributed by atoms with Crippen molar-refractivity contribution in [2.75, 3.05) is 19.8 Å². The van der Waals surface area contributed by atoms with Crippen LogP contribution < -0.4 is 5.32 Å². The summed E-state index contributed by atoms with van der Waals surface area (Å²) >= 11 is 0. The molecular weight excluding hydrogens is 1300 g/mol. The lowest BCUT2D eigenvalue weighted by atomic mass is 9.97. The maximum absolute atomic E-state index is 13.4. The Labute approximate surface area is 636 Å². The van der Waals surface area contributed by atoms with Gasteiger partial charge in [0.2, 0.25) is 5.91 Å². The van der Waals surface area contributed by atoms with Crippen molar-refractivity contribution < 1.29 is 64.6 Å². The first-order chi connectivity index (χ1) is 51.1. The summed E-state index contributed by atoms with van der Waals surface area (Å²) in [5.41, 5.74) is 0. The van der Waals surface area contributed by atoms with Gasteiger partial charge in [0.15, 0.2) is 12.6 Å². The van der Waals surface area contributed by atoms with Crippen LogP contribution in [0.3, 0.4) is 0 Å². The average Bonchev–Trinajstić information content (AvgIpc) is 0.789. The maximum Gasteiger partial charge on any atom is 0.220 e. The Morgan fingerprint density at radius 2 is 0.673 bits per heavy atom. The smallest absolute Gasteiger partial charge is 0.220 e. The zero-order valence-corrected chi connectivity index (χ0v) is 66.5. The summed E-state index contributed by atoms with van der Waals surface area (Å²) in [6.07, 6.45) is 88.1. The minimum Gasteiger partial charge on any atom is -0.394 e. The van der Waals surface area contributed by atoms with E-state index in [0.29, 0.717) is 12.8 Å². The lowest BCUT2D eigenvalue weighted by Gasteiger charge is -2.46. The minimum atomic E-state index is -1.80. The van der Waals surface area contributed by atoms with Crippen LogP contribution in [0.2, 0.25) is 0 Å². The van der Waals surface area contributed by atoms with Crippen molar-refractivity contribution in [3.63, 3.8) is 0 Å². The molecule has 1 amide bonds. The summed E-state index contributed by atoms with van der Waals surface area (Å²) in [7, 11) is 0. The van der Waals surface area contributed by atoms with E-state index in [0.717, 1.165) is 77.0 Å². The normalized spacial score (nSPS) is 21.9. The molecule has 0 bridgehead atoms. The Balaban J connectivity index is 1.58. The number of nitrogens with one attached hydrogen (secondary N) is 1. The molecule has 0 saturated carbocycles. The summed E-state index contributed by atoms with van der Waals surface area (Å²) in [6, 6.07) is -0.943. The molecule has 14 heteroatoms. The van der Waals surface area contributed by atoms with E-state index in [9.17, 15) is 45.6 Å². The van der Waals surface area contributed by atoms with Crippen molar-refractivity contribution in [1.29, 1.82) is 0 Å². The van der Waals surface area contributed by atoms with Crippen LogP contribution in [0.1, 0.15) is 373 Å². The maximum atomic E-state index is 13.4. The first-order valence-electron chi connectivity index (χ1n) is 43.5. The number of rotatable bonds is 73. The molecule has 0 radical (unpaired) electrons. The van der Waals surface area contributed by atoms with Crippen molar-refractivity contribution >= 4 is 5.91 Å². The summed E-state index contributed by atoms with van der Waals surface area (Å²) < 4.78 is 22.9. The van der Waals surface area contributed by atoms with Gasteiger partial charge >= 0.3 is 0 Å². The standard InChI is InChI=1S/C90H161NO13/c1-3-5-7-9-11-13-15-17-19-21-23-25-27-29-31-33-34-35-36-37-38-39-40-41-42-43-44-46-48-50-52-54-56-58-60-62-64-66-68-70-72-74-82(95)91-78(77-101-89-87(100)85(98)88(81(76-93)103-89)104-90-86(99)84(97)83(96)80(75-92)102-90)79(94)73-71-69-67-65-63-61-59-57-55-53-51-49-47-45-32-30-28-26-24-22-20-18-16-14-12-10-8-6-4-2/h5,7,11,13,17,19,23,25,29,31,55,57,63,65,71,73,78-81,83-90,92-94,96-100H,3-4,6,8-10,12,14-16,18,20-22,24,26-28,30,32-54,56,58-62,64,66-70,72,74-77H2,1-2H3,(H,91,95)/b7-5-,13-11-,19-17-,25-23-,31-29-,57-55+,65-63+,73-71+. The van der Waals surface area contributed by atoms with E-state index < -0.39 is 86.8 Å². The molecule has 0 aromatic heterocycles. The highest BCUT2D eigenvalue weighted by Gasteiger charge is 2.51. The van der Waals surface area contributed by atoms with E-state index in [2.05, 4.69) is 104 Å². The Morgan fingerprint density at radius 3 is 1.06 bits per heavy atom. The van der Waals surface area contributed by atoms with Crippen LogP contribution in [0.25, 0.3) is 0 Å². The molecule has 2 heterocycles. The molecule has 0 aromatic rings. The van der Waals surface area contributed by atoms with Crippen LogP contribution in [0, 0.1) is 0 Å². The first kappa shape index (κ1) is 97.0. The fourth-order valence-corrected chi connectivity index (χ4v) is 13.9. The molecule has 104 heavy (non-hydrogen) atoms. The number of aliphatic hydroxyl groups is 8. The van der Waals surface area contributed by atoms with Crippen molar-refractivity contribution in [2.45, 2.75) is 447 Å². The summed E-state index contributed by atoms with van der Waals surface area (Å²) in [4.78, 5) is 13.4. The minimum absolute atomic E-state index is 0.248. The fraction of sp³-hybridized carbons (Fsp3) is 0.811. The molecule has 2 rings (SSSR count). The van der Waals surface area contributed by atoms with Crippen LogP contribution >= 0.6 is 0 Å². The third-order valence-corrected chi connectivity index (χ3v) is 20.7. The second-order valence-corrected chi connectivity index (χ2v) is 30.3. The highest BCUT2D eigenvalue weighted by atomic mass is 16.7. The molecule has 0 spiro atoms. The van der Waals surface area contributed by atoms with E-state index >= 15 is 0 Å². The third-order valence-electron chi connectivity index (χ3n) is 20.7. The Morgan fingerprint density at radius 1 is 0.356 bits per heavy atom. The van der Waals surface area contributed by atoms with Gasteiger partial charge < -0.3 is 65.1 Å². The van der Waals surface area contributed by atoms with Crippen molar-refractivity contribution in [3.8, 4) is 0 Å². The lowest BCUT2D eigenvalue weighted by molar-refractivity contribution is -0.359. The quantitative estimate of drug-likeness (QED) is 0.0204. The molecule has 604 valence electrons. The second kappa shape index (κ2) is 72.8. The van der Waals surface area contributed by atoms with Crippen LogP contribution in [0.4, 0.5) is 0 Å². The summed E-state index contributed by atoms with van der Waals surface area (Å²) in [6.45, 7) is 2.71. The van der Waals surface area contributed by atoms with E-state index in [4.69, 9.17) is 18.9 Å². The SMILES string of the molecule is CC/C=C\C/C=C\C/C=C\C/C=C\C/C=C\CCCCCCCCCCCCCCCCCCCCCCCCCCCC(=O)NC(COC1OC(CO)C(OC2OC(CO)C(O)C(O)C2O)C(O)C1O)C(O)/C=C/CC/C=C/CC/C=C/CCCCCCCCCCCCCCCCCCCCC. The monoisotopic (exact) mass is 1460 g/mol. The Bertz CT molecular complexity index is 2120. The summed E-state index contributed by atoms with van der Waals surface area (Å²) in [5.74, 6) is -0.248. The van der Waals surface area contributed by atoms with E-state index in [-0.39, 0.29) is 18.9 Å². The number of aliphatic hydroxyl groups excluding tert-OH is 8. The van der Waals surface area contributed by atoms with E-state index in [1.165, 1.54) is 263 Å². The first-order valence-corrected chi connectivity index (χ1v) is 43.5. The molecule has 0 aromatic carbocycles. The predicted molar refractivity (Wildman–Crippen MR) is 433 cm³/mol. The molecule has 12 unspecified atom stereocenters. The molecule has 0 aliphatic carbocycles. The van der Waals surface area contributed by atoms with Crippen molar-refractivity contribution in [1.82, 2.24) is 5.32 Å². The zero-order valence-electron chi connectivity index (χ0n) is 66.5. The predicted octanol–water partition coefficient (Wildman–Crippen LogP) is 20.8. The Hall–Kier alpha value is -3.09. The summed E-state index contributed by atoms with van der Waals surface area (Å²) in [5, 5.41) is 87.8. The van der Waals surface area contributed by atoms with Gasteiger partial charge in [0.1, 0.15) is 48.8 Å². The van der Waals surface area contributed by atoms with Gasteiger partial charge in [-0.3, -0.25) is 4.79 Å². The number of hydrogen-bond donors (Lipinski definition) is 9. The topological polar surface area (TPSA) is 228 Å². The number of ether oxygens (including phenoxy) is 4. The number of hydrogen-bond acceptors (Lipinski definition) is 13. The molecule has 12 atom stereocenters. The molecule has 2 aliphatic rings. The number of carbonyl (C=O) groups excluding carboxylic acids is 1. The molecule has 2 saturated heterocycles. The van der Waals surface area contributed by atoms with Crippen LogP contribution in [-0.4, -0.2) is 140 Å². The fourth-order valence-electron chi connectivity index (χ4n) is 13.9. The van der Waals surface area contributed by atoms with Gasteiger partial charge in [0, 0.05) is 6.42 Å². The van der Waals surface area contributed by atoms with Crippen LogP contribution in [0.5, 0.6) is 0 Å². The zero-order chi connectivity index (χ0) is 75.1. The van der Waals surface area contributed by atoms with E-state index in [1.807, 2.05) is 6.08 Å². The average molecular weight is 1470 g/mol.